The summed E-state index contributed by atoms with van der Waals surface area (Å²) in [5, 5.41) is 0. The number of hydrogen-bond acceptors (Lipinski definition) is 1. The van der Waals surface area contributed by atoms with Gasteiger partial charge in [0.2, 0.25) is 0 Å². The van der Waals surface area contributed by atoms with E-state index in [4.69, 9.17) is 0 Å². The maximum atomic E-state index is 12.9. The van der Waals surface area contributed by atoms with Crippen LogP contribution in [-0.4, -0.2) is 24.2 Å². The van der Waals surface area contributed by atoms with Crippen LogP contribution in [0.3, 0.4) is 0 Å². The highest BCUT2D eigenvalue weighted by Gasteiger charge is 2.41. The van der Waals surface area contributed by atoms with Gasteiger partial charge in [0.1, 0.15) is 0 Å². The summed E-state index contributed by atoms with van der Waals surface area (Å²) in [5.74, 6) is -0.821. The van der Waals surface area contributed by atoms with Crippen LogP contribution in [0.4, 0.5) is 13.2 Å². The number of aryl methyl sites for hydroxylation is 1. The Labute approximate surface area is 179 Å². The highest BCUT2D eigenvalue weighted by molar-refractivity contribution is 5.26. The maximum absolute atomic E-state index is 12.9. The van der Waals surface area contributed by atoms with Gasteiger partial charge in [-0.05, 0) is 80.6 Å². The number of benzene rings is 2. The van der Waals surface area contributed by atoms with E-state index in [1.165, 1.54) is 16.7 Å². The minimum Gasteiger partial charge on any atom is -0.299 e. The third kappa shape index (κ3) is 6.87. The van der Waals surface area contributed by atoms with Crippen molar-refractivity contribution in [3.05, 3.63) is 71.3 Å². The first-order valence-corrected chi connectivity index (χ1v) is 11.4. The molecule has 1 aliphatic rings. The molecular formula is C26H34F3N. The van der Waals surface area contributed by atoms with Crippen LogP contribution in [0.25, 0.3) is 0 Å². The van der Waals surface area contributed by atoms with Gasteiger partial charge in [0, 0.05) is 6.54 Å². The summed E-state index contributed by atoms with van der Waals surface area (Å²) >= 11 is 0. The Hall–Kier alpha value is -1.81. The summed E-state index contributed by atoms with van der Waals surface area (Å²) in [6, 6.07) is 19.2. The molecule has 0 aromatic heterocycles. The van der Waals surface area contributed by atoms with Crippen molar-refractivity contribution < 1.29 is 13.2 Å². The summed E-state index contributed by atoms with van der Waals surface area (Å²) in [5.41, 5.74) is 3.88. The molecule has 164 valence electrons. The van der Waals surface area contributed by atoms with Crippen LogP contribution >= 0.6 is 0 Å². The van der Waals surface area contributed by atoms with Crippen LogP contribution < -0.4 is 0 Å². The molecule has 2 aromatic carbocycles. The molecule has 0 saturated heterocycles. The topological polar surface area (TPSA) is 3.24 Å². The molecule has 30 heavy (non-hydrogen) atoms. The predicted molar refractivity (Wildman–Crippen MR) is 118 cm³/mol. The van der Waals surface area contributed by atoms with Crippen LogP contribution in [0.15, 0.2) is 54.6 Å². The second-order valence-corrected chi connectivity index (χ2v) is 8.70. The summed E-state index contributed by atoms with van der Waals surface area (Å²) in [6.07, 6.45) is 1.11. The van der Waals surface area contributed by atoms with Crippen molar-refractivity contribution in [1.29, 1.82) is 0 Å². The molecule has 4 heteroatoms. The van der Waals surface area contributed by atoms with Gasteiger partial charge in [-0.15, -0.1) is 0 Å². The van der Waals surface area contributed by atoms with E-state index in [1.807, 2.05) is 0 Å². The number of rotatable bonds is 9. The van der Waals surface area contributed by atoms with E-state index < -0.39 is 12.1 Å². The molecule has 0 unspecified atom stereocenters. The number of alkyl halides is 3. The Balaban J connectivity index is 1.45. The lowest BCUT2D eigenvalue weighted by atomic mass is 9.78. The first-order valence-electron chi connectivity index (χ1n) is 11.4. The molecule has 0 spiro atoms. The number of nitrogens with zero attached hydrogens (tertiary/aromatic N) is 1. The molecule has 0 heterocycles. The smallest absolute Gasteiger partial charge is 0.299 e. The van der Waals surface area contributed by atoms with E-state index >= 15 is 0 Å². The summed E-state index contributed by atoms with van der Waals surface area (Å²) in [4.78, 5) is 2.52. The van der Waals surface area contributed by atoms with E-state index in [0.717, 1.165) is 38.9 Å². The standard InChI is InChI=1S/C26H34F3N/c1-2-18-30(20-22-7-4-3-5-8-22)19-6-9-21-10-12-23(13-11-21)24-14-16-25(17-15-24)26(27,28)29/h3-5,7-8,10-13,24-25H,2,6,9,14-20H2,1H3. The van der Waals surface area contributed by atoms with Gasteiger partial charge < -0.3 is 0 Å². The monoisotopic (exact) mass is 417 g/mol. The molecule has 0 atom stereocenters. The highest BCUT2D eigenvalue weighted by Crippen LogP contribution is 2.42. The lowest BCUT2D eigenvalue weighted by Gasteiger charge is -2.30. The van der Waals surface area contributed by atoms with Gasteiger partial charge in [-0.3, -0.25) is 4.90 Å². The van der Waals surface area contributed by atoms with Crippen molar-refractivity contribution >= 4 is 0 Å². The molecule has 1 saturated carbocycles. The van der Waals surface area contributed by atoms with E-state index in [9.17, 15) is 13.2 Å². The van der Waals surface area contributed by atoms with E-state index in [2.05, 4.69) is 66.4 Å². The Morgan fingerprint density at radius 1 is 0.833 bits per heavy atom. The molecule has 0 amide bonds. The SMILES string of the molecule is CCCN(CCCc1ccc(C2CCC(C(F)(F)F)CC2)cc1)Cc1ccccc1. The van der Waals surface area contributed by atoms with Crippen LogP contribution in [-0.2, 0) is 13.0 Å². The predicted octanol–water partition coefficient (Wildman–Crippen LogP) is 7.37. The molecular weight excluding hydrogens is 383 g/mol. The van der Waals surface area contributed by atoms with Gasteiger partial charge in [0.15, 0.2) is 0 Å². The van der Waals surface area contributed by atoms with Gasteiger partial charge in [0.05, 0.1) is 5.92 Å². The highest BCUT2D eigenvalue weighted by atomic mass is 19.4. The fraction of sp³-hybridized carbons (Fsp3) is 0.538. The summed E-state index contributed by atoms with van der Waals surface area (Å²) in [7, 11) is 0. The van der Waals surface area contributed by atoms with Crippen molar-refractivity contribution in [1.82, 2.24) is 4.90 Å². The normalized spacial score (nSPS) is 19.9. The van der Waals surface area contributed by atoms with Gasteiger partial charge in [-0.1, -0.05) is 61.5 Å². The van der Waals surface area contributed by atoms with E-state index in [0.29, 0.717) is 12.8 Å². The van der Waals surface area contributed by atoms with Crippen LogP contribution in [0.1, 0.15) is 68.1 Å². The Morgan fingerprint density at radius 2 is 1.50 bits per heavy atom. The Bertz CT molecular complexity index is 731. The van der Waals surface area contributed by atoms with Crippen LogP contribution in [0, 0.1) is 5.92 Å². The quantitative estimate of drug-likeness (QED) is 0.412. The van der Waals surface area contributed by atoms with Gasteiger partial charge in [-0.25, -0.2) is 0 Å². The van der Waals surface area contributed by atoms with E-state index in [-0.39, 0.29) is 18.8 Å². The van der Waals surface area contributed by atoms with Crippen molar-refractivity contribution in [2.45, 2.75) is 70.5 Å². The fourth-order valence-corrected chi connectivity index (χ4v) is 4.65. The molecule has 0 aliphatic heterocycles. The van der Waals surface area contributed by atoms with Crippen LogP contribution in [0.5, 0.6) is 0 Å². The minimum atomic E-state index is -4.03. The second-order valence-electron chi connectivity index (χ2n) is 8.70. The molecule has 1 aliphatic carbocycles. The first kappa shape index (κ1) is 22.9. The van der Waals surface area contributed by atoms with E-state index in [1.54, 1.807) is 0 Å². The Morgan fingerprint density at radius 3 is 2.10 bits per heavy atom. The van der Waals surface area contributed by atoms with Crippen molar-refractivity contribution in [3.63, 3.8) is 0 Å². The third-order valence-electron chi connectivity index (χ3n) is 6.37. The lowest BCUT2D eigenvalue weighted by Crippen LogP contribution is -2.27. The molecule has 0 N–H and O–H groups in total. The Kier molecular flexibility index (Phi) is 8.38. The summed E-state index contributed by atoms with van der Waals surface area (Å²) < 4.78 is 38.6. The molecule has 0 radical (unpaired) electrons. The third-order valence-corrected chi connectivity index (χ3v) is 6.37. The van der Waals surface area contributed by atoms with Crippen molar-refractivity contribution in [2.75, 3.05) is 13.1 Å². The van der Waals surface area contributed by atoms with Crippen molar-refractivity contribution in [2.24, 2.45) is 5.92 Å². The molecule has 1 fully saturated rings. The zero-order chi connectivity index (χ0) is 21.4. The zero-order valence-electron chi connectivity index (χ0n) is 18.0. The largest absolute Gasteiger partial charge is 0.391 e. The average molecular weight is 418 g/mol. The second kappa shape index (κ2) is 11.0. The zero-order valence-corrected chi connectivity index (χ0v) is 18.0. The van der Waals surface area contributed by atoms with Gasteiger partial charge in [-0.2, -0.15) is 13.2 Å². The molecule has 1 nitrogen and oxygen atoms in total. The maximum Gasteiger partial charge on any atom is 0.391 e. The average Bonchev–Trinajstić information content (AvgIpc) is 2.75. The minimum absolute atomic E-state index is 0.268. The number of halogens is 3. The fourth-order valence-electron chi connectivity index (χ4n) is 4.65. The lowest BCUT2D eigenvalue weighted by molar-refractivity contribution is -0.182. The van der Waals surface area contributed by atoms with Gasteiger partial charge in [0.25, 0.3) is 0 Å². The van der Waals surface area contributed by atoms with Crippen LogP contribution in [0.2, 0.25) is 0 Å². The number of hydrogen-bond donors (Lipinski definition) is 0. The molecule has 0 bridgehead atoms. The van der Waals surface area contributed by atoms with Crippen molar-refractivity contribution in [3.8, 4) is 0 Å². The first-order chi connectivity index (χ1) is 14.5. The summed E-state index contributed by atoms with van der Waals surface area (Å²) in [6.45, 7) is 5.40. The molecule has 3 rings (SSSR count). The van der Waals surface area contributed by atoms with Gasteiger partial charge >= 0.3 is 6.18 Å². The molecule has 2 aromatic rings.